The maximum Gasteiger partial charge on any atom is 0.303 e. The van der Waals surface area contributed by atoms with E-state index in [2.05, 4.69) is 0 Å². The molecule has 2 atom stereocenters. The van der Waals surface area contributed by atoms with Crippen LogP contribution in [0.2, 0.25) is 0 Å². The zero-order valence-corrected chi connectivity index (χ0v) is 9.83. The first kappa shape index (κ1) is 12.4. The third-order valence-corrected chi connectivity index (χ3v) is 4.63. The molecule has 1 aliphatic heterocycles. The molecule has 1 saturated heterocycles. The topological polar surface area (TPSA) is 74.7 Å². The second kappa shape index (κ2) is 4.49. The standard InChI is InChI=1S/C9H17NO4S/c1-10(2)8-3-4-15(13,14)6-7(8)5-9(11)12/h7-8H,3-6H2,1-2H3,(H,11,12). The molecular formula is C9H17NO4S. The van der Waals surface area contributed by atoms with Gasteiger partial charge >= 0.3 is 5.97 Å². The van der Waals surface area contributed by atoms with E-state index >= 15 is 0 Å². The van der Waals surface area contributed by atoms with Gasteiger partial charge in [0.05, 0.1) is 17.9 Å². The maximum atomic E-state index is 11.4. The Morgan fingerprint density at radius 1 is 1.47 bits per heavy atom. The van der Waals surface area contributed by atoms with Crippen LogP contribution in [0.15, 0.2) is 0 Å². The molecular weight excluding hydrogens is 218 g/mol. The smallest absolute Gasteiger partial charge is 0.303 e. The number of carboxylic acids is 1. The third kappa shape index (κ3) is 3.46. The molecule has 5 nitrogen and oxygen atoms in total. The molecule has 0 aromatic heterocycles. The van der Waals surface area contributed by atoms with Crippen LogP contribution < -0.4 is 0 Å². The van der Waals surface area contributed by atoms with Crippen molar-refractivity contribution in [2.45, 2.75) is 18.9 Å². The average molecular weight is 235 g/mol. The number of carbonyl (C=O) groups is 1. The molecule has 1 aliphatic rings. The molecule has 0 bridgehead atoms. The molecule has 15 heavy (non-hydrogen) atoms. The molecule has 0 aromatic rings. The predicted octanol–water partition coefficient (Wildman–Crippen LogP) is -0.174. The lowest BCUT2D eigenvalue weighted by Gasteiger charge is -2.35. The Hall–Kier alpha value is -0.620. The summed E-state index contributed by atoms with van der Waals surface area (Å²) in [6.07, 6.45) is 0.468. The first-order valence-corrected chi connectivity index (χ1v) is 6.72. The summed E-state index contributed by atoms with van der Waals surface area (Å²) < 4.78 is 22.8. The summed E-state index contributed by atoms with van der Waals surface area (Å²) in [5.41, 5.74) is 0. The van der Waals surface area contributed by atoms with Gasteiger partial charge in [0, 0.05) is 6.04 Å². The van der Waals surface area contributed by atoms with Crippen molar-refractivity contribution in [3.8, 4) is 0 Å². The summed E-state index contributed by atoms with van der Waals surface area (Å²) in [7, 11) is 0.683. The number of sulfone groups is 1. The van der Waals surface area contributed by atoms with Crippen LogP contribution in [-0.2, 0) is 14.6 Å². The Morgan fingerprint density at radius 2 is 2.07 bits per heavy atom. The molecule has 0 aliphatic carbocycles. The normalized spacial score (nSPS) is 30.3. The molecule has 1 N–H and O–H groups in total. The van der Waals surface area contributed by atoms with E-state index in [-0.39, 0.29) is 29.9 Å². The lowest BCUT2D eigenvalue weighted by molar-refractivity contribution is -0.138. The molecule has 1 heterocycles. The molecule has 6 heteroatoms. The number of hydrogen-bond acceptors (Lipinski definition) is 4. The van der Waals surface area contributed by atoms with Crippen molar-refractivity contribution >= 4 is 15.8 Å². The van der Waals surface area contributed by atoms with E-state index in [0.29, 0.717) is 6.42 Å². The lowest BCUT2D eigenvalue weighted by atomic mass is 9.94. The minimum Gasteiger partial charge on any atom is -0.481 e. The van der Waals surface area contributed by atoms with Crippen LogP contribution in [0.3, 0.4) is 0 Å². The second-order valence-electron chi connectivity index (χ2n) is 4.29. The van der Waals surface area contributed by atoms with Crippen molar-refractivity contribution in [1.29, 1.82) is 0 Å². The number of rotatable bonds is 3. The van der Waals surface area contributed by atoms with Gasteiger partial charge in [0.2, 0.25) is 0 Å². The van der Waals surface area contributed by atoms with Gasteiger partial charge in [-0.25, -0.2) is 8.42 Å². The highest BCUT2D eigenvalue weighted by atomic mass is 32.2. The summed E-state index contributed by atoms with van der Waals surface area (Å²) in [6.45, 7) is 0. The van der Waals surface area contributed by atoms with Gasteiger partial charge in [-0.15, -0.1) is 0 Å². The molecule has 88 valence electrons. The molecule has 2 unspecified atom stereocenters. The Morgan fingerprint density at radius 3 is 2.53 bits per heavy atom. The van der Waals surface area contributed by atoms with Crippen LogP contribution in [-0.4, -0.2) is 56.0 Å². The fraction of sp³-hybridized carbons (Fsp3) is 0.889. The van der Waals surface area contributed by atoms with Crippen LogP contribution in [0.25, 0.3) is 0 Å². The lowest BCUT2D eigenvalue weighted by Crippen LogP contribution is -2.45. The number of hydrogen-bond donors (Lipinski definition) is 1. The van der Waals surface area contributed by atoms with Gasteiger partial charge in [-0.3, -0.25) is 4.79 Å². The predicted molar refractivity (Wildman–Crippen MR) is 56.5 cm³/mol. The van der Waals surface area contributed by atoms with Gasteiger partial charge in [0.25, 0.3) is 0 Å². The van der Waals surface area contributed by atoms with E-state index in [1.165, 1.54) is 0 Å². The number of nitrogens with zero attached hydrogens (tertiary/aromatic N) is 1. The molecule has 0 saturated carbocycles. The van der Waals surface area contributed by atoms with Gasteiger partial charge in [0.15, 0.2) is 9.84 Å². The van der Waals surface area contributed by atoms with E-state index in [4.69, 9.17) is 5.11 Å². The van der Waals surface area contributed by atoms with Gasteiger partial charge in [0.1, 0.15) is 0 Å². The maximum absolute atomic E-state index is 11.4. The summed E-state index contributed by atoms with van der Waals surface area (Å²) in [5.74, 6) is -1.03. The van der Waals surface area contributed by atoms with Gasteiger partial charge < -0.3 is 10.0 Å². The van der Waals surface area contributed by atoms with E-state index < -0.39 is 15.8 Å². The second-order valence-corrected chi connectivity index (χ2v) is 6.52. The zero-order valence-electron chi connectivity index (χ0n) is 9.01. The van der Waals surface area contributed by atoms with Crippen molar-refractivity contribution in [2.24, 2.45) is 5.92 Å². The largest absolute Gasteiger partial charge is 0.481 e. The molecule has 1 rings (SSSR count). The van der Waals surface area contributed by atoms with Crippen LogP contribution >= 0.6 is 0 Å². The summed E-state index contributed by atoms with van der Waals surface area (Å²) in [5, 5.41) is 8.72. The molecule has 0 amide bonds. The van der Waals surface area contributed by atoms with E-state index in [9.17, 15) is 13.2 Å². The van der Waals surface area contributed by atoms with Gasteiger partial charge in [-0.05, 0) is 26.4 Å². The summed E-state index contributed by atoms with van der Waals surface area (Å²) in [4.78, 5) is 12.6. The quantitative estimate of drug-likeness (QED) is 0.735. The summed E-state index contributed by atoms with van der Waals surface area (Å²) in [6, 6.07) is 0.0598. The Kier molecular flexibility index (Phi) is 3.72. The van der Waals surface area contributed by atoms with Crippen molar-refractivity contribution in [3.05, 3.63) is 0 Å². The highest BCUT2D eigenvalue weighted by Crippen LogP contribution is 2.25. The molecule has 0 spiro atoms. The highest BCUT2D eigenvalue weighted by Gasteiger charge is 2.35. The van der Waals surface area contributed by atoms with Crippen molar-refractivity contribution in [2.75, 3.05) is 25.6 Å². The van der Waals surface area contributed by atoms with Crippen LogP contribution in [0.5, 0.6) is 0 Å². The highest BCUT2D eigenvalue weighted by molar-refractivity contribution is 7.91. The fourth-order valence-corrected chi connectivity index (χ4v) is 3.92. The van der Waals surface area contributed by atoms with Gasteiger partial charge in [-0.2, -0.15) is 0 Å². The van der Waals surface area contributed by atoms with Crippen LogP contribution in [0.4, 0.5) is 0 Å². The summed E-state index contributed by atoms with van der Waals surface area (Å²) >= 11 is 0. The molecule has 1 fully saturated rings. The minimum atomic E-state index is -3.03. The monoisotopic (exact) mass is 235 g/mol. The first-order chi connectivity index (χ1) is 6.82. The van der Waals surface area contributed by atoms with Crippen molar-refractivity contribution in [3.63, 3.8) is 0 Å². The molecule has 0 radical (unpaired) electrons. The van der Waals surface area contributed by atoms with E-state index in [1.807, 2.05) is 19.0 Å². The SMILES string of the molecule is CN(C)C1CCS(=O)(=O)CC1CC(=O)O. The Bertz CT molecular complexity index is 336. The minimum absolute atomic E-state index is 0.00213. The molecule has 0 aromatic carbocycles. The van der Waals surface area contributed by atoms with Crippen molar-refractivity contribution < 1.29 is 18.3 Å². The van der Waals surface area contributed by atoms with E-state index in [1.54, 1.807) is 0 Å². The Balaban J connectivity index is 2.78. The van der Waals surface area contributed by atoms with Crippen LogP contribution in [0.1, 0.15) is 12.8 Å². The number of carboxylic acid groups (broad SMARTS) is 1. The fourth-order valence-electron chi connectivity index (χ4n) is 2.16. The third-order valence-electron chi connectivity index (χ3n) is 2.84. The van der Waals surface area contributed by atoms with E-state index in [0.717, 1.165) is 0 Å². The average Bonchev–Trinajstić information content (AvgIpc) is 1.99. The zero-order chi connectivity index (χ0) is 11.6. The van der Waals surface area contributed by atoms with Gasteiger partial charge in [-0.1, -0.05) is 0 Å². The Labute approximate surface area is 90.0 Å². The number of aliphatic carboxylic acids is 1. The first-order valence-electron chi connectivity index (χ1n) is 4.90. The van der Waals surface area contributed by atoms with Crippen molar-refractivity contribution in [1.82, 2.24) is 4.90 Å². The van der Waals surface area contributed by atoms with Crippen LogP contribution in [0, 0.1) is 5.92 Å².